The molecule has 0 aliphatic carbocycles. The van der Waals surface area contributed by atoms with Crippen LogP contribution >= 0.6 is 0 Å². The van der Waals surface area contributed by atoms with Crippen molar-refractivity contribution in [3.05, 3.63) is 0 Å². The molecule has 0 spiro atoms. The molecule has 1 N–H and O–H groups in total. The van der Waals surface area contributed by atoms with E-state index in [9.17, 15) is 4.79 Å². The van der Waals surface area contributed by atoms with Gasteiger partial charge in [0.15, 0.2) is 0 Å². The fourth-order valence-electron chi connectivity index (χ4n) is 1.38. The molecule has 0 atom stereocenters. The lowest BCUT2D eigenvalue weighted by atomic mass is 9.93. The lowest BCUT2D eigenvalue weighted by Gasteiger charge is -2.27. The van der Waals surface area contributed by atoms with Gasteiger partial charge in [-0.05, 0) is 39.0 Å². The van der Waals surface area contributed by atoms with Crippen molar-refractivity contribution < 1.29 is 4.79 Å². The van der Waals surface area contributed by atoms with E-state index in [1.807, 2.05) is 6.92 Å². The highest BCUT2D eigenvalue weighted by Crippen LogP contribution is 2.15. The summed E-state index contributed by atoms with van der Waals surface area (Å²) >= 11 is 0. The Kier molecular flexibility index (Phi) is 5.82. The number of carbonyl (C=O) groups is 1. The van der Waals surface area contributed by atoms with Crippen molar-refractivity contribution >= 4 is 5.91 Å². The first-order chi connectivity index (χ1) is 6.37. The molecule has 0 aromatic heterocycles. The number of hydrogen-bond donors (Lipinski definition) is 1. The minimum Gasteiger partial charge on any atom is -0.351 e. The summed E-state index contributed by atoms with van der Waals surface area (Å²) in [6.07, 6.45) is 3.79. The fourth-order valence-corrected chi connectivity index (χ4v) is 1.38. The molecule has 0 saturated carbocycles. The monoisotopic (exact) mass is 199 g/mol. The van der Waals surface area contributed by atoms with Crippen molar-refractivity contribution in [1.29, 1.82) is 0 Å². The quantitative estimate of drug-likeness (QED) is 0.699. The summed E-state index contributed by atoms with van der Waals surface area (Å²) in [6.45, 7) is 10.7. The molecule has 0 aromatic carbocycles. The fraction of sp³-hybridized carbons (Fsp3) is 0.917. The van der Waals surface area contributed by atoms with Crippen LogP contribution < -0.4 is 5.32 Å². The standard InChI is InChI=1S/C12H25NO/c1-6-7-11(14)13-12(4,5)9-8-10(2)3/h10H,6-9H2,1-5H3,(H,13,14). The van der Waals surface area contributed by atoms with Gasteiger partial charge in [0.05, 0.1) is 0 Å². The van der Waals surface area contributed by atoms with Crippen molar-refractivity contribution in [3.8, 4) is 0 Å². The Bertz CT molecular complexity index is 173. The van der Waals surface area contributed by atoms with E-state index in [4.69, 9.17) is 0 Å². The summed E-state index contributed by atoms with van der Waals surface area (Å²) in [5, 5.41) is 3.07. The van der Waals surface area contributed by atoms with E-state index in [1.165, 1.54) is 6.42 Å². The Morgan fingerprint density at radius 1 is 1.36 bits per heavy atom. The maximum atomic E-state index is 11.4. The number of carbonyl (C=O) groups excluding carboxylic acids is 1. The lowest BCUT2D eigenvalue weighted by Crippen LogP contribution is -2.43. The predicted molar refractivity (Wildman–Crippen MR) is 61.2 cm³/mol. The molecule has 14 heavy (non-hydrogen) atoms. The number of amides is 1. The highest BCUT2D eigenvalue weighted by atomic mass is 16.1. The van der Waals surface area contributed by atoms with Gasteiger partial charge in [-0.2, -0.15) is 0 Å². The minimum absolute atomic E-state index is 0.0451. The molecule has 0 aromatic rings. The van der Waals surface area contributed by atoms with E-state index in [2.05, 4.69) is 33.0 Å². The summed E-state index contributed by atoms with van der Waals surface area (Å²) in [6, 6.07) is 0. The maximum Gasteiger partial charge on any atom is 0.220 e. The van der Waals surface area contributed by atoms with E-state index in [0.29, 0.717) is 12.3 Å². The highest BCUT2D eigenvalue weighted by molar-refractivity contribution is 5.76. The third-order valence-corrected chi connectivity index (χ3v) is 2.30. The molecule has 0 rings (SSSR count). The molecule has 2 nitrogen and oxygen atoms in total. The Labute approximate surface area is 88.5 Å². The molecule has 0 heterocycles. The van der Waals surface area contributed by atoms with Crippen molar-refractivity contribution in [2.24, 2.45) is 5.92 Å². The molecule has 0 aliphatic heterocycles. The van der Waals surface area contributed by atoms with Gasteiger partial charge in [-0.15, -0.1) is 0 Å². The molecule has 0 bridgehead atoms. The van der Waals surface area contributed by atoms with Gasteiger partial charge in [0.25, 0.3) is 0 Å². The summed E-state index contributed by atoms with van der Waals surface area (Å²) in [5.41, 5.74) is -0.0451. The summed E-state index contributed by atoms with van der Waals surface area (Å²) in [4.78, 5) is 11.4. The smallest absolute Gasteiger partial charge is 0.220 e. The second-order valence-electron chi connectivity index (χ2n) is 5.11. The van der Waals surface area contributed by atoms with Gasteiger partial charge in [-0.3, -0.25) is 4.79 Å². The summed E-state index contributed by atoms with van der Waals surface area (Å²) in [5.74, 6) is 0.888. The van der Waals surface area contributed by atoms with Crippen LogP contribution in [0.3, 0.4) is 0 Å². The normalized spacial score (nSPS) is 11.9. The number of nitrogens with one attached hydrogen (secondary N) is 1. The van der Waals surface area contributed by atoms with Crippen LogP contribution in [0.1, 0.15) is 60.3 Å². The molecule has 0 aliphatic rings. The summed E-state index contributed by atoms with van der Waals surface area (Å²) < 4.78 is 0. The van der Waals surface area contributed by atoms with Crippen LogP contribution in [0.4, 0.5) is 0 Å². The van der Waals surface area contributed by atoms with E-state index in [-0.39, 0.29) is 11.4 Å². The van der Waals surface area contributed by atoms with Crippen molar-refractivity contribution in [1.82, 2.24) is 5.32 Å². The van der Waals surface area contributed by atoms with Crippen LogP contribution in [0.15, 0.2) is 0 Å². The number of rotatable bonds is 6. The molecule has 0 radical (unpaired) electrons. The second-order valence-corrected chi connectivity index (χ2v) is 5.11. The van der Waals surface area contributed by atoms with Crippen LogP contribution in [0.5, 0.6) is 0 Å². The van der Waals surface area contributed by atoms with Gasteiger partial charge >= 0.3 is 0 Å². The molecule has 0 fully saturated rings. The van der Waals surface area contributed by atoms with Crippen LogP contribution in [-0.2, 0) is 4.79 Å². The van der Waals surface area contributed by atoms with E-state index < -0.39 is 0 Å². The summed E-state index contributed by atoms with van der Waals surface area (Å²) in [7, 11) is 0. The van der Waals surface area contributed by atoms with E-state index >= 15 is 0 Å². The Hall–Kier alpha value is -0.530. The van der Waals surface area contributed by atoms with Crippen molar-refractivity contribution in [3.63, 3.8) is 0 Å². The van der Waals surface area contributed by atoms with Gasteiger partial charge in [0.2, 0.25) is 5.91 Å². The average Bonchev–Trinajstić information content (AvgIpc) is 2.00. The van der Waals surface area contributed by atoms with Gasteiger partial charge in [-0.25, -0.2) is 0 Å². The largest absolute Gasteiger partial charge is 0.351 e. The third kappa shape index (κ3) is 6.93. The minimum atomic E-state index is -0.0451. The van der Waals surface area contributed by atoms with Crippen molar-refractivity contribution in [2.45, 2.75) is 65.8 Å². The zero-order valence-electron chi connectivity index (χ0n) is 10.3. The lowest BCUT2D eigenvalue weighted by molar-refractivity contribution is -0.122. The van der Waals surface area contributed by atoms with Crippen LogP contribution in [0.2, 0.25) is 0 Å². The SMILES string of the molecule is CCCC(=O)NC(C)(C)CCC(C)C. The molecule has 0 unspecified atom stereocenters. The Morgan fingerprint density at radius 3 is 2.36 bits per heavy atom. The molecule has 1 amide bonds. The van der Waals surface area contributed by atoms with Gasteiger partial charge in [0, 0.05) is 12.0 Å². The molecule has 2 heteroatoms. The topological polar surface area (TPSA) is 29.1 Å². The molecule has 84 valence electrons. The third-order valence-electron chi connectivity index (χ3n) is 2.30. The zero-order valence-corrected chi connectivity index (χ0v) is 10.3. The first-order valence-corrected chi connectivity index (χ1v) is 5.68. The van der Waals surface area contributed by atoms with E-state index in [0.717, 1.165) is 12.8 Å². The maximum absolute atomic E-state index is 11.4. The van der Waals surface area contributed by atoms with Crippen LogP contribution in [0, 0.1) is 5.92 Å². The molecule has 0 saturated heterocycles. The van der Waals surface area contributed by atoms with E-state index in [1.54, 1.807) is 0 Å². The number of hydrogen-bond acceptors (Lipinski definition) is 1. The zero-order chi connectivity index (χ0) is 11.2. The molecular weight excluding hydrogens is 174 g/mol. The Morgan fingerprint density at radius 2 is 1.93 bits per heavy atom. The Balaban J connectivity index is 3.87. The van der Waals surface area contributed by atoms with Gasteiger partial charge in [0.1, 0.15) is 0 Å². The predicted octanol–water partition coefficient (Wildman–Crippen LogP) is 3.12. The first-order valence-electron chi connectivity index (χ1n) is 5.68. The van der Waals surface area contributed by atoms with Crippen LogP contribution in [0.25, 0.3) is 0 Å². The van der Waals surface area contributed by atoms with Crippen LogP contribution in [-0.4, -0.2) is 11.4 Å². The van der Waals surface area contributed by atoms with Gasteiger partial charge in [-0.1, -0.05) is 20.8 Å². The second kappa shape index (κ2) is 6.05. The average molecular weight is 199 g/mol. The van der Waals surface area contributed by atoms with Gasteiger partial charge < -0.3 is 5.32 Å². The first kappa shape index (κ1) is 13.5. The van der Waals surface area contributed by atoms with Crippen molar-refractivity contribution in [2.75, 3.05) is 0 Å². The highest BCUT2D eigenvalue weighted by Gasteiger charge is 2.19. The molecular formula is C12H25NO.